The average Bonchev–Trinajstić information content (AvgIpc) is 2.56. The fourth-order valence-corrected chi connectivity index (χ4v) is 1.73. The summed E-state index contributed by atoms with van der Waals surface area (Å²) in [7, 11) is 0. The maximum absolute atomic E-state index is 3.32. The molecule has 3 rings (SSSR count). The van der Waals surface area contributed by atoms with Gasteiger partial charge in [-0.05, 0) is 11.5 Å². The van der Waals surface area contributed by atoms with E-state index in [-0.39, 0.29) is 40.0 Å². The van der Waals surface area contributed by atoms with Gasteiger partial charge in [-0.15, -0.1) is 5.39 Å². The number of aromatic nitrogens is 1. The molecule has 70 valence electrons. The molecule has 0 aliphatic carbocycles. The minimum absolute atomic E-state index is 0. The van der Waals surface area contributed by atoms with Crippen LogP contribution in [0.15, 0.2) is 42.5 Å². The van der Waals surface area contributed by atoms with Crippen LogP contribution in [0.25, 0.3) is 21.8 Å². The first-order chi connectivity index (χ1) is 6.45. The molecule has 0 unspecified atom stereocenters. The monoisotopic (exact) mass is 269 g/mol. The molecule has 0 spiro atoms. The van der Waals surface area contributed by atoms with Crippen molar-refractivity contribution in [3.05, 3.63) is 48.5 Å². The predicted molar refractivity (Wildman–Crippen MR) is 60.4 cm³/mol. The van der Waals surface area contributed by atoms with Gasteiger partial charge in [-0.1, -0.05) is 23.7 Å². The molecule has 0 aliphatic rings. The Balaban J connectivity index is 0.000000562. The third-order valence-corrected chi connectivity index (χ3v) is 2.33. The first-order valence-electron chi connectivity index (χ1n) is 4.32. The van der Waals surface area contributed by atoms with E-state index in [1.165, 1.54) is 16.3 Å². The van der Waals surface area contributed by atoms with Crippen LogP contribution in [0.1, 0.15) is 0 Å². The zero-order valence-corrected chi connectivity index (χ0v) is 11.1. The summed E-state index contributed by atoms with van der Waals surface area (Å²) in [5.41, 5.74) is 2.27. The van der Waals surface area contributed by atoms with Crippen LogP contribution in [0.3, 0.4) is 0 Å². The summed E-state index contributed by atoms with van der Waals surface area (Å²) in [5.74, 6) is 0. The second kappa shape index (κ2) is 5.01. The van der Waals surface area contributed by atoms with E-state index in [0.717, 1.165) is 5.52 Å². The second-order valence-electron chi connectivity index (χ2n) is 3.13. The number of halogens is 1. The van der Waals surface area contributed by atoms with Crippen LogP contribution in [-0.2, 0) is 0 Å². The Morgan fingerprint density at radius 2 is 1.67 bits per heavy atom. The summed E-state index contributed by atoms with van der Waals surface area (Å²) >= 11 is 0. The largest absolute Gasteiger partial charge is 2.00 e. The summed E-state index contributed by atoms with van der Waals surface area (Å²) < 4.78 is 0. The predicted octanol–water partition coefficient (Wildman–Crippen LogP) is -0.256. The van der Waals surface area contributed by atoms with E-state index in [9.17, 15) is 0 Å². The number of hydrogen-bond acceptors (Lipinski definition) is 0. The number of H-pyrrole nitrogens is 1. The Bertz CT molecular complexity index is 523. The van der Waals surface area contributed by atoms with E-state index >= 15 is 0 Å². The van der Waals surface area contributed by atoms with Gasteiger partial charge in [0.2, 0.25) is 0 Å². The van der Waals surface area contributed by atoms with Crippen molar-refractivity contribution in [1.29, 1.82) is 0 Å². The quantitative estimate of drug-likeness (QED) is 0.428. The number of hydrogen-bond donors (Lipinski definition) is 1. The smallest absolute Gasteiger partial charge is 1.00 e. The molecule has 2 aromatic carbocycles. The Hall–Kier alpha value is -0.514. The zero-order chi connectivity index (χ0) is 8.67. The Labute approximate surface area is 115 Å². The third-order valence-electron chi connectivity index (χ3n) is 2.33. The maximum Gasteiger partial charge on any atom is 2.00 e. The Morgan fingerprint density at radius 1 is 0.933 bits per heavy atom. The van der Waals surface area contributed by atoms with Crippen molar-refractivity contribution >= 4 is 44.9 Å². The molecule has 0 fully saturated rings. The van der Waals surface area contributed by atoms with E-state index in [0.29, 0.717) is 0 Å². The molecule has 0 amide bonds. The first kappa shape index (κ1) is 12.6. The van der Waals surface area contributed by atoms with Gasteiger partial charge in [0.15, 0.2) is 0 Å². The molecule has 1 N–H and O–H groups in total. The molecule has 15 heavy (non-hydrogen) atoms. The minimum Gasteiger partial charge on any atom is -1.00 e. The summed E-state index contributed by atoms with van der Waals surface area (Å²) in [6.45, 7) is 0. The van der Waals surface area contributed by atoms with Crippen LogP contribution in [-0.4, -0.2) is 28.0 Å². The molecule has 3 heteroatoms. The SMILES string of the molecule is [Br-].[Mg+2].[c-]1cccc2c1[nH]c1ccccc12. The van der Waals surface area contributed by atoms with Crippen LogP contribution in [0, 0.1) is 6.07 Å². The van der Waals surface area contributed by atoms with Crippen molar-refractivity contribution in [3.8, 4) is 0 Å². The van der Waals surface area contributed by atoms with Gasteiger partial charge < -0.3 is 22.0 Å². The fourth-order valence-electron chi connectivity index (χ4n) is 1.73. The number of para-hydroxylation sites is 2. The van der Waals surface area contributed by atoms with Crippen LogP contribution < -0.4 is 17.0 Å². The molecule has 1 nitrogen and oxygen atoms in total. The Morgan fingerprint density at radius 3 is 2.53 bits per heavy atom. The van der Waals surface area contributed by atoms with Crippen molar-refractivity contribution in [1.82, 2.24) is 4.98 Å². The topological polar surface area (TPSA) is 15.8 Å². The molecule has 0 saturated heterocycles. The number of rotatable bonds is 0. The molecule has 1 heterocycles. The second-order valence-corrected chi connectivity index (χ2v) is 3.13. The number of aromatic amines is 1. The zero-order valence-electron chi connectivity index (χ0n) is 8.13. The van der Waals surface area contributed by atoms with E-state index in [2.05, 4.69) is 35.3 Å². The van der Waals surface area contributed by atoms with Crippen molar-refractivity contribution < 1.29 is 17.0 Å². The molecular formula is C12H8BrMgN. The molecule has 0 bridgehead atoms. The number of nitrogens with one attached hydrogen (secondary N) is 1. The number of fused-ring (bicyclic) bond motifs is 3. The Kier molecular flexibility index (Phi) is 4.19. The molecule has 3 aromatic rings. The van der Waals surface area contributed by atoms with Gasteiger partial charge in [0.1, 0.15) is 0 Å². The van der Waals surface area contributed by atoms with Crippen LogP contribution in [0.4, 0.5) is 0 Å². The summed E-state index contributed by atoms with van der Waals surface area (Å²) in [5, 5.41) is 2.52. The molecule has 0 saturated carbocycles. The summed E-state index contributed by atoms with van der Waals surface area (Å²) in [6.07, 6.45) is 0. The summed E-state index contributed by atoms with van der Waals surface area (Å²) in [6, 6.07) is 17.6. The fraction of sp³-hybridized carbons (Fsp3) is 0. The molecule has 0 aliphatic heterocycles. The van der Waals surface area contributed by atoms with Crippen LogP contribution in [0.2, 0.25) is 0 Å². The minimum atomic E-state index is 0. The van der Waals surface area contributed by atoms with Crippen molar-refractivity contribution in [2.24, 2.45) is 0 Å². The van der Waals surface area contributed by atoms with Crippen molar-refractivity contribution in [3.63, 3.8) is 0 Å². The average molecular weight is 270 g/mol. The molecule has 0 atom stereocenters. The molecule has 0 radical (unpaired) electrons. The van der Waals surface area contributed by atoms with Gasteiger partial charge in [0, 0.05) is 5.52 Å². The van der Waals surface area contributed by atoms with E-state index in [1.807, 2.05) is 18.2 Å². The van der Waals surface area contributed by atoms with E-state index in [4.69, 9.17) is 0 Å². The van der Waals surface area contributed by atoms with Crippen molar-refractivity contribution in [2.75, 3.05) is 0 Å². The van der Waals surface area contributed by atoms with E-state index < -0.39 is 0 Å². The summed E-state index contributed by atoms with van der Waals surface area (Å²) in [4.78, 5) is 3.32. The van der Waals surface area contributed by atoms with Gasteiger partial charge in [-0.25, -0.2) is 0 Å². The van der Waals surface area contributed by atoms with Gasteiger partial charge in [-0.2, -0.15) is 24.3 Å². The van der Waals surface area contributed by atoms with Crippen LogP contribution in [0.5, 0.6) is 0 Å². The van der Waals surface area contributed by atoms with E-state index in [1.54, 1.807) is 0 Å². The standard InChI is InChI=1S/C12H8N.BrH.Mg/c1-3-7-11-9(5-1)10-6-2-4-8-12(10)13-11;;/h1-7,13H;1H;/q-1;;+2/p-1. The van der Waals surface area contributed by atoms with Crippen molar-refractivity contribution in [2.45, 2.75) is 0 Å². The number of benzene rings is 2. The molecule has 1 aromatic heterocycles. The van der Waals surface area contributed by atoms with Gasteiger partial charge >= 0.3 is 23.1 Å². The van der Waals surface area contributed by atoms with Crippen LogP contribution >= 0.6 is 0 Å². The van der Waals surface area contributed by atoms with Gasteiger partial charge in [0.25, 0.3) is 0 Å². The van der Waals surface area contributed by atoms with Gasteiger partial charge in [0.05, 0.1) is 0 Å². The maximum atomic E-state index is 3.32. The first-order valence-corrected chi connectivity index (χ1v) is 4.32. The molecular weight excluding hydrogens is 262 g/mol. The van der Waals surface area contributed by atoms with Gasteiger partial charge in [-0.3, -0.25) is 0 Å². The normalized spacial score (nSPS) is 9.60. The third kappa shape index (κ3) is 2.05.